The van der Waals surface area contributed by atoms with Gasteiger partial charge in [0.1, 0.15) is 6.10 Å². The topological polar surface area (TPSA) is 78.5 Å². The van der Waals surface area contributed by atoms with Crippen molar-refractivity contribution in [2.45, 2.75) is 24.8 Å². The van der Waals surface area contributed by atoms with E-state index in [0.29, 0.717) is 6.54 Å². The van der Waals surface area contributed by atoms with E-state index in [2.05, 4.69) is 5.32 Å². The molecule has 1 aromatic rings. The zero-order valence-corrected chi connectivity index (χ0v) is 10.4. The highest BCUT2D eigenvalue weighted by Crippen LogP contribution is 2.34. The number of nitrogens with two attached hydrogens (primary N) is 1. The highest BCUT2D eigenvalue weighted by Gasteiger charge is 2.32. The number of rotatable bonds is 5. The fourth-order valence-corrected chi connectivity index (χ4v) is 1.66. The summed E-state index contributed by atoms with van der Waals surface area (Å²) in [6.45, 7) is 0.428. The molecule has 5 N–H and O–H groups in total. The maximum Gasteiger partial charge on any atom is 0.416 e. The van der Waals surface area contributed by atoms with E-state index in [1.54, 1.807) is 7.05 Å². The Bertz CT molecular complexity index is 424. The number of anilines is 1. The third-order valence-electron chi connectivity index (χ3n) is 2.79. The fraction of sp³-hybridized carbons (Fsp3) is 0.500. The van der Waals surface area contributed by atoms with Gasteiger partial charge >= 0.3 is 6.18 Å². The van der Waals surface area contributed by atoms with Crippen LogP contribution in [0.25, 0.3) is 0 Å². The first-order valence-electron chi connectivity index (χ1n) is 5.74. The first-order chi connectivity index (χ1) is 8.77. The van der Waals surface area contributed by atoms with Crippen LogP contribution in [0.1, 0.15) is 23.7 Å². The molecule has 0 aliphatic rings. The van der Waals surface area contributed by atoms with Gasteiger partial charge in [-0.3, -0.25) is 0 Å². The summed E-state index contributed by atoms with van der Waals surface area (Å²) in [5, 5.41) is 22.3. The number of halogens is 3. The second-order valence-electron chi connectivity index (χ2n) is 4.25. The van der Waals surface area contributed by atoms with Gasteiger partial charge in [0.05, 0.1) is 11.7 Å². The van der Waals surface area contributed by atoms with Gasteiger partial charge in [-0.1, -0.05) is 0 Å². The molecule has 0 aliphatic heterocycles. The number of alkyl halides is 3. The van der Waals surface area contributed by atoms with E-state index in [-0.39, 0.29) is 17.7 Å². The molecule has 4 nitrogen and oxygen atoms in total. The number of hydrogen-bond acceptors (Lipinski definition) is 4. The Balaban J connectivity index is 2.98. The molecule has 2 atom stereocenters. The quantitative estimate of drug-likeness (QED) is 0.612. The van der Waals surface area contributed by atoms with Gasteiger partial charge in [-0.2, -0.15) is 13.2 Å². The van der Waals surface area contributed by atoms with Crippen molar-refractivity contribution in [1.29, 1.82) is 0 Å². The Labute approximate surface area is 109 Å². The van der Waals surface area contributed by atoms with E-state index in [4.69, 9.17) is 5.73 Å². The molecule has 19 heavy (non-hydrogen) atoms. The largest absolute Gasteiger partial charge is 0.416 e. The summed E-state index contributed by atoms with van der Waals surface area (Å²) in [5.41, 5.74) is 4.55. The summed E-state index contributed by atoms with van der Waals surface area (Å²) in [4.78, 5) is 0. The number of nitrogens with one attached hydrogen (secondary N) is 1. The number of hydrogen-bond donors (Lipinski definition) is 4. The van der Waals surface area contributed by atoms with E-state index in [1.807, 2.05) is 0 Å². The molecule has 1 aromatic carbocycles. The van der Waals surface area contributed by atoms with Gasteiger partial charge in [0.25, 0.3) is 0 Å². The molecule has 1 rings (SSSR count). The van der Waals surface area contributed by atoms with E-state index in [0.717, 1.165) is 18.2 Å². The lowest BCUT2D eigenvalue weighted by atomic mass is 9.98. The van der Waals surface area contributed by atoms with E-state index >= 15 is 0 Å². The van der Waals surface area contributed by atoms with Crippen LogP contribution in [0.15, 0.2) is 18.2 Å². The smallest absolute Gasteiger partial charge is 0.398 e. The predicted octanol–water partition coefficient (Wildman–Crippen LogP) is 1.29. The minimum atomic E-state index is -4.52. The summed E-state index contributed by atoms with van der Waals surface area (Å²) in [7, 11) is 1.66. The lowest BCUT2D eigenvalue weighted by Crippen LogP contribution is -2.24. The Morgan fingerprint density at radius 3 is 2.47 bits per heavy atom. The molecule has 0 saturated carbocycles. The summed E-state index contributed by atoms with van der Waals surface area (Å²) in [6.07, 6.45) is -6.94. The van der Waals surface area contributed by atoms with Crippen molar-refractivity contribution >= 4 is 5.69 Å². The van der Waals surface area contributed by atoms with Crippen molar-refractivity contribution in [2.24, 2.45) is 0 Å². The van der Waals surface area contributed by atoms with E-state index in [1.165, 1.54) is 0 Å². The highest BCUT2D eigenvalue weighted by atomic mass is 19.4. The Morgan fingerprint density at radius 2 is 1.95 bits per heavy atom. The summed E-state index contributed by atoms with van der Waals surface area (Å²) in [6, 6.07) is 2.68. The molecule has 0 radical (unpaired) electrons. The van der Waals surface area contributed by atoms with Gasteiger partial charge in [0.15, 0.2) is 0 Å². The molecule has 0 saturated heterocycles. The van der Waals surface area contributed by atoms with Gasteiger partial charge in [-0.15, -0.1) is 0 Å². The molecule has 7 heteroatoms. The number of aliphatic hydroxyl groups excluding tert-OH is 2. The van der Waals surface area contributed by atoms with Gasteiger partial charge < -0.3 is 21.3 Å². The molecule has 0 heterocycles. The standard InChI is InChI=1S/C12H17F3N2O2/c1-17-5-4-10(18)11(19)8-6-7(12(13,14)15)2-3-9(8)16/h2-3,6,10-11,17-19H,4-5,16H2,1H3. The molecular weight excluding hydrogens is 261 g/mol. The van der Waals surface area contributed by atoms with Crippen LogP contribution in [0.2, 0.25) is 0 Å². The third-order valence-corrected chi connectivity index (χ3v) is 2.79. The average Bonchev–Trinajstić information content (AvgIpc) is 2.34. The second kappa shape index (κ2) is 6.23. The van der Waals surface area contributed by atoms with Gasteiger partial charge in [-0.25, -0.2) is 0 Å². The van der Waals surface area contributed by atoms with Crippen molar-refractivity contribution in [1.82, 2.24) is 5.32 Å². The van der Waals surface area contributed by atoms with Crippen molar-refractivity contribution in [3.05, 3.63) is 29.3 Å². The van der Waals surface area contributed by atoms with Gasteiger partial charge in [0, 0.05) is 11.3 Å². The van der Waals surface area contributed by atoms with Gasteiger partial charge in [-0.05, 0) is 38.2 Å². The van der Waals surface area contributed by atoms with E-state index in [9.17, 15) is 23.4 Å². The van der Waals surface area contributed by atoms with Crippen LogP contribution in [-0.4, -0.2) is 29.9 Å². The summed E-state index contributed by atoms with van der Waals surface area (Å²) < 4.78 is 37.7. The van der Waals surface area contributed by atoms with Crippen molar-refractivity contribution in [3.8, 4) is 0 Å². The van der Waals surface area contributed by atoms with Gasteiger partial charge in [0.2, 0.25) is 0 Å². The molecule has 108 valence electrons. The SMILES string of the molecule is CNCCC(O)C(O)c1cc(C(F)(F)F)ccc1N. The first kappa shape index (κ1) is 15.7. The minimum absolute atomic E-state index is 0.0176. The lowest BCUT2D eigenvalue weighted by molar-refractivity contribution is -0.137. The van der Waals surface area contributed by atoms with Crippen molar-refractivity contribution in [3.63, 3.8) is 0 Å². The van der Waals surface area contributed by atoms with Crippen LogP contribution in [0.5, 0.6) is 0 Å². The molecule has 0 spiro atoms. The average molecular weight is 278 g/mol. The Morgan fingerprint density at radius 1 is 1.32 bits per heavy atom. The Kier molecular flexibility index (Phi) is 5.16. The van der Waals surface area contributed by atoms with Crippen LogP contribution in [0, 0.1) is 0 Å². The molecule has 0 fully saturated rings. The number of aliphatic hydroxyl groups is 2. The summed E-state index contributed by atoms with van der Waals surface area (Å²) in [5.74, 6) is 0. The first-order valence-corrected chi connectivity index (χ1v) is 5.74. The van der Waals surface area contributed by atoms with Crippen LogP contribution in [0.3, 0.4) is 0 Å². The molecule has 0 bridgehead atoms. The highest BCUT2D eigenvalue weighted by molar-refractivity contribution is 5.50. The predicted molar refractivity (Wildman–Crippen MR) is 65.4 cm³/mol. The zero-order valence-electron chi connectivity index (χ0n) is 10.4. The molecular formula is C12H17F3N2O2. The molecule has 2 unspecified atom stereocenters. The minimum Gasteiger partial charge on any atom is -0.398 e. The fourth-order valence-electron chi connectivity index (χ4n) is 1.66. The van der Waals surface area contributed by atoms with Crippen molar-refractivity contribution < 1.29 is 23.4 Å². The second-order valence-corrected chi connectivity index (χ2v) is 4.25. The molecule has 0 aromatic heterocycles. The maximum atomic E-state index is 12.6. The summed E-state index contributed by atoms with van der Waals surface area (Å²) >= 11 is 0. The van der Waals surface area contributed by atoms with Crippen LogP contribution >= 0.6 is 0 Å². The van der Waals surface area contributed by atoms with E-state index < -0.39 is 23.9 Å². The normalized spacial score (nSPS) is 15.3. The number of benzene rings is 1. The van der Waals surface area contributed by atoms with Crippen LogP contribution < -0.4 is 11.1 Å². The number of nitrogen functional groups attached to an aromatic ring is 1. The zero-order chi connectivity index (χ0) is 14.6. The maximum absolute atomic E-state index is 12.6. The van der Waals surface area contributed by atoms with Crippen LogP contribution in [-0.2, 0) is 6.18 Å². The van der Waals surface area contributed by atoms with Crippen molar-refractivity contribution in [2.75, 3.05) is 19.3 Å². The Hall–Kier alpha value is -1.31. The molecule has 0 amide bonds. The third kappa shape index (κ3) is 4.09. The monoisotopic (exact) mass is 278 g/mol. The van der Waals surface area contributed by atoms with Crippen LogP contribution in [0.4, 0.5) is 18.9 Å². The lowest BCUT2D eigenvalue weighted by Gasteiger charge is -2.20. The molecule has 0 aliphatic carbocycles.